The number of ether oxygens (including phenoxy) is 2. The molecule has 3 aromatic rings. The van der Waals surface area contributed by atoms with Crippen LogP contribution in [0.5, 0.6) is 11.5 Å². The summed E-state index contributed by atoms with van der Waals surface area (Å²) in [6.45, 7) is 3.81. The zero-order chi connectivity index (χ0) is 24.7. The summed E-state index contributed by atoms with van der Waals surface area (Å²) in [5.74, 6) is 1.74. The molecule has 2 unspecified atom stereocenters. The normalized spacial score (nSPS) is 20.5. The lowest BCUT2D eigenvalue weighted by Crippen LogP contribution is -2.29. The van der Waals surface area contributed by atoms with Crippen molar-refractivity contribution in [2.24, 2.45) is 5.92 Å². The number of hydrogen-bond donors (Lipinski definition) is 2. The van der Waals surface area contributed by atoms with E-state index >= 15 is 0 Å². The maximum atomic E-state index is 13.3. The zero-order valence-electron chi connectivity index (χ0n) is 20.3. The smallest absolute Gasteiger partial charge is 0.261 e. The summed E-state index contributed by atoms with van der Waals surface area (Å²) in [6.07, 6.45) is 5.26. The summed E-state index contributed by atoms with van der Waals surface area (Å²) in [5, 5.41) is 3.67. The fraction of sp³-hybridized carbons (Fsp3) is 0.286. The lowest BCUT2D eigenvalue weighted by atomic mass is 9.77. The second-order valence-corrected chi connectivity index (χ2v) is 10.9. The Bertz CT molecular complexity index is 1390. The first-order valence-electron chi connectivity index (χ1n) is 11.7. The molecule has 0 saturated heterocycles. The van der Waals surface area contributed by atoms with Crippen LogP contribution in [0.1, 0.15) is 40.6 Å². The number of nitrogens with one attached hydrogen (secondary N) is 2. The highest BCUT2D eigenvalue weighted by atomic mass is 32.2. The van der Waals surface area contributed by atoms with E-state index in [1.165, 1.54) is 0 Å². The van der Waals surface area contributed by atoms with Gasteiger partial charge in [-0.05, 0) is 67.1 Å². The van der Waals surface area contributed by atoms with Crippen molar-refractivity contribution >= 4 is 21.4 Å². The number of sulfonamides is 1. The number of benzene rings is 3. The summed E-state index contributed by atoms with van der Waals surface area (Å²) < 4.78 is 40.7. The van der Waals surface area contributed by atoms with Gasteiger partial charge in [0.1, 0.15) is 0 Å². The van der Waals surface area contributed by atoms with Gasteiger partial charge in [-0.2, -0.15) is 0 Å². The number of aryl methyl sites for hydroxylation is 2. The average Bonchev–Trinajstić information content (AvgIpc) is 3.35. The standard InChI is InChI=1S/C28H30N2O4S/c1-17-8-5-9-18(2)26(17)30-35(31,32)19-14-15-24-23(16-19)20-10-6-11-21(20)27(29-24)22-12-7-13-25(33-3)28(22)34-4/h5-10,12-16,20-21,27,29-30H,11H2,1-4H3/t20?,21?,27-/m0/s1. The van der Waals surface area contributed by atoms with Crippen LogP contribution in [0.15, 0.2) is 71.6 Å². The molecular weight excluding hydrogens is 460 g/mol. The van der Waals surface area contributed by atoms with Gasteiger partial charge in [0.05, 0.1) is 30.8 Å². The van der Waals surface area contributed by atoms with Crippen LogP contribution in [0.3, 0.4) is 0 Å². The molecule has 6 nitrogen and oxygen atoms in total. The molecule has 2 N–H and O–H groups in total. The second-order valence-electron chi connectivity index (χ2n) is 9.18. The number of para-hydroxylation sites is 2. The summed E-state index contributed by atoms with van der Waals surface area (Å²) in [6, 6.07) is 17.0. The molecular formula is C28H30N2O4S. The van der Waals surface area contributed by atoms with Crippen molar-refractivity contribution < 1.29 is 17.9 Å². The molecule has 0 saturated carbocycles. The lowest BCUT2D eigenvalue weighted by Gasteiger charge is -2.38. The van der Waals surface area contributed by atoms with Crippen LogP contribution in [0.25, 0.3) is 0 Å². The molecule has 7 heteroatoms. The van der Waals surface area contributed by atoms with Gasteiger partial charge in [0, 0.05) is 17.2 Å². The maximum Gasteiger partial charge on any atom is 0.261 e. The van der Waals surface area contributed by atoms with Crippen LogP contribution >= 0.6 is 0 Å². The Balaban J connectivity index is 1.53. The third-order valence-corrected chi connectivity index (χ3v) is 8.48. The highest BCUT2D eigenvalue weighted by molar-refractivity contribution is 7.92. The van der Waals surface area contributed by atoms with E-state index in [1.807, 2.05) is 56.3 Å². The maximum absolute atomic E-state index is 13.3. The Morgan fingerprint density at radius 2 is 1.69 bits per heavy atom. The Labute approximate surface area is 207 Å². The van der Waals surface area contributed by atoms with Crippen molar-refractivity contribution in [2.75, 3.05) is 24.3 Å². The number of fused-ring (bicyclic) bond motifs is 3. The molecule has 1 aliphatic carbocycles. The molecule has 3 atom stereocenters. The van der Waals surface area contributed by atoms with Gasteiger partial charge in [-0.1, -0.05) is 42.5 Å². The van der Waals surface area contributed by atoms with Crippen LogP contribution in [0, 0.1) is 19.8 Å². The van der Waals surface area contributed by atoms with Crippen molar-refractivity contribution in [3.8, 4) is 11.5 Å². The van der Waals surface area contributed by atoms with Crippen LogP contribution in [-0.2, 0) is 10.0 Å². The molecule has 35 heavy (non-hydrogen) atoms. The van der Waals surface area contributed by atoms with Crippen molar-refractivity contribution in [1.82, 2.24) is 0 Å². The first-order chi connectivity index (χ1) is 16.8. The molecule has 1 heterocycles. The van der Waals surface area contributed by atoms with E-state index < -0.39 is 10.0 Å². The molecule has 2 aliphatic rings. The summed E-state index contributed by atoms with van der Waals surface area (Å²) >= 11 is 0. The third kappa shape index (κ3) is 4.04. The molecule has 182 valence electrons. The third-order valence-electron chi connectivity index (χ3n) is 7.13. The van der Waals surface area contributed by atoms with Gasteiger partial charge in [0.15, 0.2) is 11.5 Å². The Hall–Kier alpha value is -3.45. The molecule has 0 spiro atoms. The van der Waals surface area contributed by atoms with Crippen molar-refractivity contribution in [2.45, 2.75) is 37.1 Å². The van der Waals surface area contributed by atoms with E-state index in [2.05, 4.69) is 28.3 Å². The van der Waals surface area contributed by atoms with Crippen LogP contribution in [0.2, 0.25) is 0 Å². The van der Waals surface area contributed by atoms with Gasteiger partial charge in [-0.3, -0.25) is 4.72 Å². The van der Waals surface area contributed by atoms with Gasteiger partial charge in [0.2, 0.25) is 0 Å². The second kappa shape index (κ2) is 8.96. The summed E-state index contributed by atoms with van der Waals surface area (Å²) in [5.41, 5.74) is 5.37. The fourth-order valence-corrected chi connectivity index (χ4v) is 6.61. The number of allylic oxidation sites excluding steroid dienone is 2. The molecule has 1 aliphatic heterocycles. The van der Waals surface area contributed by atoms with Crippen LogP contribution in [-0.4, -0.2) is 22.6 Å². The summed E-state index contributed by atoms with van der Waals surface area (Å²) in [7, 11) is -0.450. The number of rotatable bonds is 6. The number of methoxy groups -OCH3 is 2. The Morgan fingerprint density at radius 3 is 2.40 bits per heavy atom. The molecule has 0 radical (unpaired) electrons. The zero-order valence-corrected chi connectivity index (χ0v) is 21.1. The first kappa shape index (κ1) is 23.3. The van der Waals surface area contributed by atoms with Gasteiger partial charge in [0.25, 0.3) is 10.0 Å². The first-order valence-corrected chi connectivity index (χ1v) is 13.2. The SMILES string of the molecule is COc1cccc([C@H]2Nc3ccc(S(=O)(=O)Nc4c(C)cccc4C)cc3C3C=CCC32)c1OC. The van der Waals surface area contributed by atoms with E-state index in [0.29, 0.717) is 11.4 Å². The quantitative estimate of drug-likeness (QED) is 0.418. The largest absolute Gasteiger partial charge is 0.493 e. The topological polar surface area (TPSA) is 76.7 Å². The number of anilines is 2. The highest BCUT2D eigenvalue weighted by Crippen LogP contribution is 2.52. The minimum atomic E-state index is -3.74. The molecule has 0 amide bonds. The molecule has 3 aromatic carbocycles. The highest BCUT2D eigenvalue weighted by Gasteiger charge is 2.40. The van der Waals surface area contributed by atoms with Gasteiger partial charge < -0.3 is 14.8 Å². The van der Waals surface area contributed by atoms with E-state index in [4.69, 9.17) is 9.47 Å². The average molecular weight is 491 g/mol. The van der Waals surface area contributed by atoms with E-state index in [1.54, 1.807) is 20.3 Å². The van der Waals surface area contributed by atoms with Crippen molar-refractivity contribution in [3.63, 3.8) is 0 Å². The summed E-state index contributed by atoms with van der Waals surface area (Å²) in [4.78, 5) is 0.261. The van der Waals surface area contributed by atoms with E-state index in [0.717, 1.165) is 40.1 Å². The minimum Gasteiger partial charge on any atom is -0.493 e. The van der Waals surface area contributed by atoms with Crippen LogP contribution in [0.4, 0.5) is 11.4 Å². The Morgan fingerprint density at radius 1 is 0.943 bits per heavy atom. The monoisotopic (exact) mass is 490 g/mol. The predicted molar refractivity (Wildman–Crippen MR) is 139 cm³/mol. The van der Waals surface area contributed by atoms with E-state index in [-0.39, 0.29) is 22.8 Å². The van der Waals surface area contributed by atoms with Gasteiger partial charge >= 0.3 is 0 Å². The molecule has 0 aromatic heterocycles. The minimum absolute atomic E-state index is 0.00255. The van der Waals surface area contributed by atoms with Crippen LogP contribution < -0.4 is 19.5 Å². The van der Waals surface area contributed by atoms with Gasteiger partial charge in [-0.25, -0.2) is 8.42 Å². The molecule has 5 rings (SSSR count). The van der Waals surface area contributed by atoms with Crippen molar-refractivity contribution in [3.05, 3.63) is 89.0 Å². The molecule has 0 bridgehead atoms. The fourth-order valence-electron chi connectivity index (χ4n) is 5.37. The number of hydrogen-bond acceptors (Lipinski definition) is 5. The van der Waals surface area contributed by atoms with E-state index in [9.17, 15) is 8.42 Å². The predicted octanol–water partition coefficient (Wildman–Crippen LogP) is 5.95. The Kier molecular flexibility index (Phi) is 5.97. The van der Waals surface area contributed by atoms with Crippen molar-refractivity contribution in [1.29, 1.82) is 0 Å². The van der Waals surface area contributed by atoms with Gasteiger partial charge in [-0.15, -0.1) is 0 Å². The lowest BCUT2D eigenvalue weighted by molar-refractivity contribution is 0.341. The molecule has 0 fully saturated rings.